The molecule has 104 valence electrons. The topological polar surface area (TPSA) is 79.5 Å². The van der Waals surface area contributed by atoms with E-state index in [1.165, 1.54) is 0 Å². The number of amides is 1. The highest BCUT2D eigenvalue weighted by molar-refractivity contribution is 5.96. The van der Waals surface area contributed by atoms with E-state index in [1.54, 1.807) is 6.07 Å². The maximum absolute atomic E-state index is 12.1. The quantitative estimate of drug-likeness (QED) is 0.900. The number of carbonyl (C=O) groups is 2. The normalized spacial score (nSPS) is 22.0. The van der Waals surface area contributed by atoms with E-state index in [0.29, 0.717) is 24.8 Å². The summed E-state index contributed by atoms with van der Waals surface area (Å²) in [4.78, 5) is 23.0. The third-order valence-electron chi connectivity index (χ3n) is 3.77. The van der Waals surface area contributed by atoms with Crippen molar-refractivity contribution >= 4 is 22.8 Å². The number of aliphatic carboxylic acids is 1. The van der Waals surface area contributed by atoms with Crippen LogP contribution in [0, 0.1) is 5.92 Å². The second-order valence-electron chi connectivity index (χ2n) is 5.17. The minimum Gasteiger partial charge on any atom is -0.481 e. The van der Waals surface area contributed by atoms with Crippen LogP contribution < -0.4 is 5.32 Å². The molecule has 0 radical (unpaired) electrons. The van der Waals surface area contributed by atoms with E-state index >= 15 is 0 Å². The SMILES string of the molecule is O=C(NC1CCC(C(=O)O)C1)c1cc2ccccc2o1. The van der Waals surface area contributed by atoms with Gasteiger partial charge in [-0.05, 0) is 31.4 Å². The zero-order valence-corrected chi connectivity index (χ0v) is 10.8. The predicted molar refractivity (Wildman–Crippen MR) is 72.4 cm³/mol. The first-order chi connectivity index (χ1) is 9.63. The number of benzene rings is 1. The van der Waals surface area contributed by atoms with Crippen molar-refractivity contribution < 1.29 is 19.1 Å². The average molecular weight is 273 g/mol. The molecule has 2 atom stereocenters. The second-order valence-corrected chi connectivity index (χ2v) is 5.17. The molecular formula is C15H15NO4. The van der Waals surface area contributed by atoms with Gasteiger partial charge in [-0.15, -0.1) is 0 Å². The molecule has 3 rings (SSSR count). The number of fused-ring (bicyclic) bond motifs is 1. The molecule has 20 heavy (non-hydrogen) atoms. The summed E-state index contributed by atoms with van der Waals surface area (Å²) in [6, 6.07) is 9.04. The Morgan fingerprint density at radius 2 is 2.05 bits per heavy atom. The van der Waals surface area contributed by atoms with Crippen molar-refractivity contribution in [2.75, 3.05) is 0 Å². The lowest BCUT2D eigenvalue weighted by Crippen LogP contribution is -2.33. The van der Waals surface area contributed by atoms with Gasteiger partial charge in [-0.2, -0.15) is 0 Å². The zero-order valence-electron chi connectivity index (χ0n) is 10.8. The van der Waals surface area contributed by atoms with Gasteiger partial charge in [0, 0.05) is 11.4 Å². The summed E-state index contributed by atoms with van der Waals surface area (Å²) in [5.74, 6) is -1.15. The number of hydrogen-bond acceptors (Lipinski definition) is 3. The van der Waals surface area contributed by atoms with E-state index in [1.807, 2.05) is 24.3 Å². The van der Waals surface area contributed by atoms with E-state index in [-0.39, 0.29) is 23.6 Å². The standard InChI is InChI=1S/C15H15NO4/c17-14(16-11-6-5-10(7-11)15(18)19)13-8-9-3-1-2-4-12(9)20-13/h1-4,8,10-11H,5-7H2,(H,16,17)(H,18,19). The van der Waals surface area contributed by atoms with Gasteiger partial charge in [0.2, 0.25) is 0 Å². The summed E-state index contributed by atoms with van der Waals surface area (Å²) in [6.45, 7) is 0. The van der Waals surface area contributed by atoms with Crippen LogP contribution >= 0.6 is 0 Å². The highest BCUT2D eigenvalue weighted by Crippen LogP contribution is 2.26. The van der Waals surface area contributed by atoms with Crippen LogP contribution in [0.1, 0.15) is 29.8 Å². The molecule has 1 aliphatic rings. The smallest absolute Gasteiger partial charge is 0.306 e. The van der Waals surface area contributed by atoms with Gasteiger partial charge in [-0.1, -0.05) is 18.2 Å². The van der Waals surface area contributed by atoms with E-state index in [4.69, 9.17) is 9.52 Å². The van der Waals surface area contributed by atoms with Crippen molar-refractivity contribution in [3.05, 3.63) is 36.1 Å². The lowest BCUT2D eigenvalue weighted by molar-refractivity contribution is -0.141. The fourth-order valence-corrected chi connectivity index (χ4v) is 2.69. The van der Waals surface area contributed by atoms with Gasteiger partial charge in [-0.3, -0.25) is 9.59 Å². The van der Waals surface area contributed by atoms with Crippen LogP contribution in [-0.4, -0.2) is 23.0 Å². The Bertz CT molecular complexity index is 628. The Labute approximate surface area is 115 Å². The van der Waals surface area contributed by atoms with Crippen molar-refractivity contribution in [1.82, 2.24) is 5.32 Å². The number of carboxylic acids is 1. The number of hydrogen-bond donors (Lipinski definition) is 2. The molecule has 1 amide bonds. The van der Waals surface area contributed by atoms with Crippen LogP contribution in [-0.2, 0) is 4.79 Å². The molecule has 1 aromatic carbocycles. The Balaban J connectivity index is 1.69. The van der Waals surface area contributed by atoms with Crippen LogP contribution in [0.2, 0.25) is 0 Å². The molecule has 2 unspecified atom stereocenters. The van der Waals surface area contributed by atoms with Gasteiger partial charge in [0.25, 0.3) is 5.91 Å². The van der Waals surface area contributed by atoms with Crippen LogP contribution in [0.4, 0.5) is 0 Å². The number of furan rings is 1. The summed E-state index contributed by atoms with van der Waals surface area (Å²) in [5.41, 5.74) is 0.674. The van der Waals surface area contributed by atoms with Crippen LogP contribution in [0.3, 0.4) is 0 Å². The Hall–Kier alpha value is -2.30. The molecule has 0 bridgehead atoms. The van der Waals surface area contributed by atoms with Gasteiger partial charge in [0.15, 0.2) is 5.76 Å². The van der Waals surface area contributed by atoms with Crippen LogP contribution in [0.5, 0.6) is 0 Å². The first-order valence-corrected chi connectivity index (χ1v) is 6.66. The van der Waals surface area contributed by atoms with Gasteiger partial charge in [0.1, 0.15) is 5.58 Å². The lowest BCUT2D eigenvalue weighted by Gasteiger charge is -2.10. The van der Waals surface area contributed by atoms with E-state index in [0.717, 1.165) is 5.39 Å². The summed E-state index contributed by atoms with van der Waals surface area (Å²) in [7, 11) is 0. The Kier molecular flexibility index (Phi) is 3.18. The molecule has 5 heteroatoms. The Morgan fingerprint density at radius 3 is 2.75 bits per heavy atom. The van der Waals surface area contributed by atoms with Crippen molar-refractivity contribution in [2.45, 2.75) is 25.3 Å². The zero-order chi connectivity index (χ0) is 14.1. The van der Waals surface area contributed by atoms with Crippen molar-refractivity contribution in [3.8, 4) is 0 Å². The van der Waals surface area contributed by atoms with E-state index < -0.39 is 5.97 Å². The minimum absolute atomic E-state index is 0.0863. The lowest BCUT2D eigenvalue weighted by atomic mass is 10.1. The third-order valence-corrected chi connectivity index (χ3v) is 3.77. The molecule has 1 saturated carbocycles. The molecule has 0 spiro atoms. The molecule has 5 nitrogen and oxygen atoms in total. The highest BCUT2D eigenvalue weighted by atomic mass is 16.4. The van der Waals surface area contributed by atoms with Crippen LogP contribution in [0.25, 0.3) is 11.0 Å². The molecule has 0 saturated heterocycles. The van der Waals surface area contributed by atoms with Gasteiger partial charge < -0.3 is 14.8 Å². The van der Waals surface area contributed by atoms with E-state index in [2.05, 4.69) is 5.32 Å². The molecule has 1 aromatic heterocycles. The molecule has 2 aromatic rings. The molecule has 2 N–H and O–H groups in total. The fraction of sp³-hybridized carbons (Fsp3) is 0.333. The summed E-state index contributed by atoms with van der Waals surface area (Å²) >= 11 is 0. The molecular weight excluding hydrogens is 258 g/mol. The number of rotatable bonds is 3. The fourth-order valence-electron chi connectivity index (χ4n) is 2.69. The summed E-state index contributed by atoms with van der Waals surface area (Å²) in [6.07, 6.45) is 1.80. The first kappa shape index (κ1) is 12.7. The summed E-state index contributed by atoms with van der Waals surface area (Å²) < 4.78 is 5.49. The number of para-hydroxylation sites is 1. The number of nitrogens with one attached hydrogen (secondary N) is 1. The first-order valence-electron chi connectivity index (χ1n) is 6.66. The van der Waals surface area contributed by atoms with Gasteiger partial charge in [0.05, 0.1) is 5.92 Å². The highest BCUT2D eigenvalue weighted by Gasteiger charge is 2.31. The maximum Gasteiger partial charge on any atom is 0.306 e. The van der Waals surface area contributed by atoms with E-state index in [9.17, 15) is 9.59 Å². The minimum atomic E-state index is -0.787. The molecule has 1 heterocycles. The number of carbonyl (C=O) groups excluding carboxylic acids is 1. The molecule has 1 fully saturated rings. The monoisotopic (exact) mass is 273 g/mol. The summed E-state index contributed by atoms with van der Waals surface area (Å²) in [5, 5.41) is 12.7. The molecule has 0 aliphatic heterocycles. The van der Waals surface area contributed by atoms with Crippen molar-refractivity contribution in [1.29, 1.82) is 0 Å². The van der Waals surface area contributed by atoms with Gasteiger partial charge in [-0.25, -0.2) is 0 Å². The average Bonchev–Trinajstić information content (AvgIpc) is 3.04. The predicted octanol–water partition coefficient (Wildman–Crippen LogP) is 2.42. The van der Waals surface area contributed by atoms with Crippen LogP contribution in [0.15, 0.2) is 34.7 Å². The Morgan fingerprint density at radius 1 is 1.25 bits per heavy atom. The maximum atomic E-state index is 12.1. The van der Waals surface area contributed by atoms with Crippen molar-refractivity contribution in [2.24, 2.45) is 5.92 Å². The number of carboxylic acid groups (broad SMARTS) is 1. The van der Waals surface area contributed by atoms with Gasteiger partial charge >= 0.3 is 5.97 Å². The third kappa shape index (κ3) is 2.39. The largest absolute Gasteiger partial charge is 0.481 e. The molecule has 1 aliphatic carbocycles. The second kappa shape index (κ2) is 5.00. The van der Waals surface area contributed by atoms with Crippen molar-refractivity contribution in [3.63, 3.8) is 0 Å².